The molecule has 1 aromatic rings. The Labute approximate surface area is 81.8 Å². The van der Waals surface area contributed by atoms with Crippen LogP contribution in [0.1, 0.15) is 10.5 Å². The molecule has 1 heterocycles. The summed E-state index contributed by atoms with van der Waals surface area (Å²) in [6, 6.07) is 1.61. The number of aryl methyl sites for hydroxylation is 1. The second-order valence-electron chi connectivity index (χ2n) is 2.65. The highest BCUT2D eigenvalue weighted by Crippen LogP contribution is 1.93. The van der Waals surface area contributed by atoms with E-state index in [9.17, 15) is 4.79 Å². The lowest BCUT2D eigenvalue weighted by Crippen LogP contribution is -2.25. The molecular formula is C8H13N3O3. The molecular weight excluding hydrogens is 186 g/mol. The zero-order valence-electron chi connectivity index (χ0n) is 8.19. The normalized spacial score (nSPS) is 10.1. The van der Waals surface area contributed by atoms with E-state index in [2.05, 4.69) is 10.6 Å². The minimum absolute atomic E-state index is 0.315. The van der Waals surface area contributed by atoms with E-state index >= 15 is 0 Å². The molecule has 6 nitrogen and oxygen atoms in total. The summed E-state index contributed by atoms with van der Waals surface area (Å²) in [7, 11) is 3.30. The minimum atomic E-state index is -0.360. The van der Waals surface area contributed by atoms with Crippen LogP contribution in [-0.2, 0) is 16.6 Å². The highest BCUT2D eigenvalue weighted by atomic mass is 16.7. The predicted molar refractivity (Wildman–Crippen MR) is 48.5 cm³/mol. The lowest BCUT2D eigenvalue weighted by atomic mass is 10.4. The third-order valence-electron chi connectivity index (χ3n) is 1.50. The number of hydrogen-bond donors (Lipinski definition) is 1. The van der Waals surface area contributed by atoms with Gasteiger partial charge in [0.05, 0.1) is 13.2 Å². The molecule has 78 valence electrons. The third kappa shape index (κ3) is 3.15. The summed E-state index contributed by atoms with van der Waals surface area (Å²) in [5.74, 6) is -0.360. The summed E-state index contributed by atoms with van der Waals surface area (Å²) in [6.45, 7) is 0.748. The maximum absolute atomic E-state index is 11.3. The van der Waals surface area contributed by atoms with Crippen molar-refractivity contribution in [2.24, 2.45) is 7.05 Å². The number of hydrogen-bond acceptors (Lipinski definition) is 4. The molecule has 14 heavy (non-hydrogen) atoms. The van der Waals surface area contributed by atoms with Gasteiger partial charge >= 0.3 is 0 Å². The molecule has 0 unspecified atom stereocenters. The fourth-order valence-electron chi connectivity index (χ4n) is 0.830. The third-order valence-corrected chi connectivity index (χ3v) is 1.50. The van der Waals surface area contributed by atoms with Crippen molar-refractivity contribution >= 4 is 5.91 Å². The van der Waals surface area contributed by atoms with Gasteiger partial charge in [-0.2, -0.15) is 5.10 Å². The van der Waals surface area contributed by atoms with Crippen LogP contribution in [0.2, 0.25) is 0 Å². The van der Waals surface area contributed by atoms with Gasteiger partial charge in [-0.3, -0.25) is 14.3 Å². The average Bonchev–Trinajstić information content (AvgIpc) is 2.59. The molecule has 0 aliphatic carbocycles. The minimum Gasteiger partial charge on any atom is -0.382 e. The van der Waals surface area contributed by atoms with Crippen LogP contribution in [0, 0.1) is 0 Å². The lowest BCUT2D eigenvalue weighted by Gasteiger charge is -2.02. The van der Waals surface area contributed by atoms with Gasteiger partial charge < -0.3 is 4.74 Å². The van der Waals surface area contributed by atoms with Gasteiger partial charge in [-0.1, -0.05) is 0 Å². The smallest absolute Gasteiger partial charge is 0.295 e. The second kappa shape index (κ2) is 5.36. The Bertz CT molecular complexity index is 298. The Balaban J connectivity index is 2.29. The van der Waals surface area contributed by atoms with Gasteiger partial charge in [0.25, 0.3) is 5.91 Å². The van der Waals surface area contributed by atoms with E-state index in [1.54, 1.807) is 31.1 Å². The van der Waals surface area contributed by atoms with Gasteiger partial charge in [-0.15, -0.1) is 0 Å². The van der Waals surface area contributed by atoms with Crippen molar-refractivity contribution in [3.05, 3.63) is 18.0 Å². The van der Waals surface area contributed by atoms with Crippen LogP contribution >= 0.6 is 0 Å². The van der Waals surface area contributed by atoms with E-state index in [0.717, 1.165) is 0 Å². The van der Waals surface area contributed by atoms with Crippen LogP contribution in [0.4, 0.5) is 0 Å². The number of carbonyl (C=O) groups is 1. The number of nitrogens with one attached hydrogen (secondary N) is 1. The lowest BCUT2D eigenvalue weighted by molar-refractivity contribution is 0.00854. The van der Waals surface area contributed by atoms with Crippen LogP contribution in [0.5, 0.6) is 0 Å². The van der Waals surface area contributed by atoms with Crippen LogP contribution in [-0.4, -0.2) is 36.0 Å². The molecule has 6 heteroatoms. The summed E-state index contributed by atoms with van der Waals surface area (Å²) in [5.41, 5.74) is 2.58. The number of carbonyl (C=O) groups excluding carboxylic acids is 1. The van der Waals surface area contributed by atoms with Crippen molar-refractivity contribution in [3.63, 3.8) is 0 Å². The number of nitrogens with zero attached hydrogens (tertiary/aromatic N) is 2. The van der Waals surface area contributed by atoms with Crippen molar-refractivity contribution in [1.29, 1.82) is 0 Å². The maximum atomic E-state index is 11.3. The van der Waals surface area contributed by atoms with Gasteiger partial charge in [-0.05, 0) is 6.07 Å². The standard InChI is InChI=1S/C8H13N3O3/c1-11-4-3-7(9-11)8(12)10-14-6-5-13-2/h3-4H,5-6H2,1-2H3,(H,10,12). The quantitative estimate of drug-likeness (QED) is 0.523. The Hall–Kier alpha value is -1.40. The van der Waals surface area contributed by atoms with Crippen molar-refractivity contribution in [2.75, 3.05) is 20.3 Å². The van der Waals surface area contributed by atoms with E-state index < -0.39 is 0 Å². The fraction of sp³-hybridized carbons (Fsp3) is 0.500. The molecule has 0 spiro atoms. The first kappa shape index (κ1) is 10.7. The number of hydroxylamine groups is 1. The van der Waals surface area contributed by atoms with Crippen molar-refractivity contribution < 1.29 is 14.4 Å². The second-order valence-corrected chi connectivity index (χ2v) is 2.65. The van der Waals surface area contributed by atoms with Crippen LogP contribution in [0.25, 0.3) is 0 Å². The molecule has 0 aromatic carbocycles. The summed E-state index contributed by atoms with van der Waals surface area (Å²) >= 11 is 0. The molecule has 1 aromatic heterocycles. The molecule has 0 atom stereocenters. The number of rotatable bonds is 5. The number of aromatic nitrogens is 2. The number of amides is 1. The van der Waals surface area contributed by atoms with Crippen LogP contribution in [0.3, 0.4) is 0 Å². The number of ether oxygens (including phenoxy) is 1. The molecule has 1 rings (SSSR count). The average molecular weight is 199 g/mol. The zero-order chi connectivity index (χ0) is 10.4. The topological polar surface area (TPSA) is 65.4 Å². The van der Waals surface area contributed by atoms with Crippen LogP contribution in [0.15, 0.2) is 12.3 Å². The van der Waals surface area contributed by atoms with Crippen molar-refractivity contribution in [3.8, 4) is 0 Å². The Morgan fingerprint density at radius 2 is 2.43 bits per heavy atom. The molecule has 1 N–H and O–H groups in total. The fourth-order valence-corrected chi connectivity index (χ4v) is 0.830. The first-order valence-electron chi connectivity index (χ1n) is 4.14. The number of methoxy groups -OCH3 is 1. The predicted octanol–water partition coefficient (Wildman–Crippen LogP) is -0.272. The molecule has 0 fully saturated rings. The maximum Gasteiger partial charge on any atom is 0.295 e. The molecule has 0 saturated carbocycles. The Morgan fingerprint density at radius 1 is 1.64 bits per heavy atom. The monoisotopic (exact) mass is 199 g/mol. The Kier molecular flexibility index (Phi) is 4.09. The van der Waals surface area contributed by atoms with Gasteiger partial charge in [0, 0.05) is 20.4 Å². The summed E-state index contributed by atoms with van der Waals surface area (Å²) in [5, 5.41) is 3.90. The highest BCUT2D eigenvalue weighted by Gasteiger charge is 2.07. The highest BCUT2D eigenvalue weighted by molar-refractivity contribution is 5.91. The molecule has 0 saturated heterocycles. The van der Waals surface area contributed by atoms with E-state index in [4.69, 9.17) is 9.57 Å². The first-order chi connectivity index (χ1) is 6.74. The molecule has 0 aliphatic rings. The SMILES string of the molecule is COCCONC(=O)c1ccn(C)n1. The van der Waals surface area contributed by atoms with Gasteiger partial charge in [-0.25, -0.2) is 5.48 Å². The molecule has 0 bridgehead atoms. The van der Waals surface area contributed by atoms with Crippen molar-refractivity contribution in [2.45, 2.75) is 0 Å². The van der Waals surface area contributed by atoms with Crippen LogP contribution < -0.4 is 5.48 Å². The molecule has 1 amide bonds. The van der Waals surface area contributed by atoms with Gasteiger partial charge in [0.1, 0.15) is 0 Å². The van der Waals surface area contributed by atoms with E-state index in [1.807, 2.05) is 0 Å². The van der Waals surface area contributed by atoms with E-state index in [-0.39, 0.29) is 5.91 Å². The van der Waals surface area contributed by atoms with Gasteiger partial charge in [0.15, 0.2) is 5.69 Å². The first-order valence-corrected chi connectivity index (χ1v) is 4.14. The molecule has 0 radical (unpaired) electrons. The van der Waals surface area contributed by atoms with E-state index in [0.29, 0.717) is 18.9 Å². The zero-order valence-corrected chi connectivity index (χ0v) is 8.19. The van der Waals surface area contributed by atoms with E-state index in [1.165, 1.54) is 0 Å². The Morgan fingerprint density at radius 3 is 3.00 bits per heavy atom. The summed E-state index contributed by atoms with van der Waals surface area (Å²) in [4.78, 5) is 16.1. The van der Waals surface area contributed by atoms with Crippen molar-refractivity contribution in [1.82, 2.24) is 15.3 Å². The van der Waals surface area contributed by atoms with Gasteiger partial charge in [0.2, 0.25) is 0 Å². The molecule has 0 aliphatic heterocycles. The largest absolute Gasteiger partial charge is 0.382 e. The summed E-state index contributed by atoms with van der Waals surface area (Å²) in [6.07, 6.45) is 1.68. The summed E-state index contributed by atoms with van der Waals surface area (Å²) < 4.78 is 6.28.